The molecule has 0 aliphatic carbocycles. The fourth-order valence-electron chi connectivity index (χ4n) is 5.85. The van der Waals surface area contributed by atoms with Gasteiger partial charge in [0.1, 0.15) is 6.04 Å². The van der Waals surface area contributed by atoms with E-state index in [1.54, 1.807) is 0 Å². The van der Waals surface area contributed by atoms with Crippen molar-refractivity contribution < 1.29 is 24.6 Å². The van der Waals surface area contributed by atoms with Crippen LogP contribution in [-0.2, 0) is 22.4 Å². The molecule has 0 fully saturated rings. The molecule has 4 rings (SSSR count). The van der Waals surface area contributed by atoms with Gasteiger partial charge in [-0.05, 0) is 59.4 Å². The third-order valence-corrected chi connectivity index (χ3v) is 8.22. The Labute approximate surface area is 271 Å². The second-order valence-electron chi connectivity index (χ2n) is 12.3. The van der Waals surface area contributed by atoms with Gasteiger partial charge in [0.15, 0.2) is 0 Å². The van der Waals surface area contributed by atoms with Gasteiger partial charge in [-0.3, -0.25) is 4.79 Å². The van der Waals surface area contributed by atoms with Gasteiger partial charge in [-0.15, -0.1) is 0 Å². The van der Waals surface area contributed by atoms with Gasteiger partial charge in [0.25, 0.3) is 0 Å². The molecule has 4 aromatic carbocycles. The van der Waals surface area contributed by atoms with Gasteiger partial charge in [0, 0.05) is 19.0 Å². The second kappa shape index (κ2) is 17.0. The number of hydrogen-bond donors (Lipinski definition) is 3. The monoisotopic (exact) mass is 620 g/mol. The number of aryl methyl sites for hydroxylation is 1. The summed E-state index contributed by atoms with van der Waals surface area (Å²) in [5, 5.41) is 23.4. The van der Waals surface area contributed by atoms with Gasteiger partial charge in [-0.1, -0.05) is 129 Å². The highest BCUT2D eigenvalue weighted by Gasteiger charge is 2.34. The zero-order valence-electron chi connectivity index (χ0n) is 26.6. The average molecular weight is 621 g/mol. The molecule has 0 heterocycles. The van der Waals surface area contributed by atoms with E-state index in [9.17, 15) is 24.6 Å². The molecular weight excluding hydrogens is 576 g/mol. The number of carboxylic acids is 2. The SMILES string of the molecule is CC(C)CN(C[C@H](CCCc1ccccc1)C(=O)O)C(=O)N[C@H](C(=O)O)C(Cc1ccccc1)c1ccc(-c2ccccc2)cc1. The summed E-state index contributed by atoms with van der Waals surface area (Å²) in [5.41, 5.74) is 4.93. The number of nitrogens with one attached hydrogen (secondary N) is 1. The average Bonchev–Trinajstić information content (AvgIpc) is 3.06. The van der Waals surface area contributed by atoms with E-state index >= 15 is 0 Å². The van der Waals surface area contributed by atoms with E-state index in [2.05, 4.69) is 5.32 Å². The zero-order chi connectivity index (χ0) is 32.9. The van der Waals surface area contributed by atoms with Gasteiger partial charge in [0.2, 0.25) is 0 Å². The number of nitrogens with zero attached hydrogens (tertiary/aromatic N) is 1. The lowest BCUT2D eigenvalue weighted by molar-refractivity contribution is -0.143. The first kappa shape index (κ1) is 34.0. The van der Waals surface area contributed by atoms with Crippen LogP contribution in [0.3, 0.4) is 0 Å². The maximum absolute atomic E-state index is 13.8. The normalized spacial score (nSPS) is 13.0. The van der Waals surface area contributed by atoms with Crippen molar-refractivity contribution in [1.82, 2.24) is 10.2 Å². The van der Waals surface area contributed by atoms with Crippen molar-refractivity contribution in [3.8, 4) is 11.1 Å². The number of aliphatic carboxylic acids is 2. The van der Waals surface area contributed by atoms with Crippen molar-refractivity contribution in [3.05, 3.63) is 132 Å². The third-order valence-electron chi connectivity index (χ3n) is 8.22. The molecule has 0 saturated heterocycles. The minimum Gasteiger partial charge on any atom is -0.481 e. The summed E-state index contributed by atoms with van der Waals surface area (Å²) in [6.07, 6.45) is 2.20. The molecule has 0 aliphatic heterocycles. The molecule has 46 heavy (non-hydrogen) atoms. The van der Waals surface area contributed by atoms with Crippen molar-refractivity contribution in [3.63, 3.8) is 0 Å². The lowest BCUT2D eigenvalue weighted by atomic mass is 9.85. The number of amides is 2. The summed E-state index contributed by atoms with van der Waals surface area (Å²) in [7, 11) is 0. The quantitative estimate of drug-likeness (QED) is 0.120. The minimum absolute atomic E-state index is 0.00437. The highest BCUT2D eigenvalue weighted by molar-refractivity contribution is 5.84. The van der Waals surface area contributed by atoms with Gasteiger partial charge in [-0.25, -0.2) is 9.59 Å². The Hall–Kier alpha value is -4.91. The highest BCUT2D eigenvalue weighted by atomic mass is 16.4. The molecule has 3 N–H and O–H groups in total. The van der Waals surface area contributed by atoms with Gasteiger partial charge in [0.05, 0.1) is 5.92 Å². The van der Waals surface area contributed by atoms with Gasteiger partial charge < -0.3 is 20.4 Å². The maximum atomic E-state index is 13.8. The van der Waals surface area contributed by atoms with Gasteiger partial charge >= 0.3 is 18.0 Å². The van der Waals surface area contributed by atoms with Crippen molar-refractivity contribution >= 4 is 18.0 Å². The third kappa shape index (κ3) is 10.1. The molecule has 0 aromatic heterocycles. The topological polar surface area (TPSA) is 107 Å². The molecule has 0 radical (unpaired) electrons. The molecule has 240 valence electrons. The number of carbonyl (C=O) groups is 3. The number of rotatable bonds is 16. The Morgan fingerprint density at radius 3 is 1.76 bits per heavy atom. The summed E-state index contributed by atoms with van der Waals surface area (Å²) >= 11 is 0. The fraction of sp³-hybridized carbons (Fsp3) is 0.308. The highest BCUT2D eigenvalue weighted by Crippen LogP contribution is 2.28. The van der Waals surface area contributed by atoms with E-state index in [1.165, 1.54) is 4.90 Å². The van der Waals surface area contributed by atoms with Crippen LogP contribution in [0, 0.1) is 11.8 Å². The summed E-state index contributed by atoms with van der Waals surface area (Å²) in [4.78, 5) is 40.4. The number of urea groups is 1. The van der Waals surface area contributed by atoms with Crippen LogP contribution in [0.4, 0.5) is 4.79 Å². The molecule has 4 aromatic rings. The van der Waals surface area contributed by atoms with E-state index in [-0.39, 0.29) is 12.5 Å². The van der Waals surface area contributed by atoms with Crippen LogP contribution in [0.15, 0.2) is 115 Å². The van der Waals surface area contributed by atoms with Crippen LogP contribution < -0.4 is 5.32 Å². The number of carboxylic acid groups (broad SMARTS) is 2. The largest absolute Gasteiger partial charge is 0.481 e. The van der Waals surface area contributed by atoms with Crippen LogP contribution in [0.1, 0.15) is 49.3 Å². The summed E-state index contributed by atoms with van der Waals surface area (Å²) in [6, 6.07) is 35.4. The fourth-order valence-corrected chi connectivity index (χ4v) is 5.85. The Morgan fingerprint density at radius 2 is 1.22 bits per heavy atom. The Kier molecular flexibility index (Phi) is 12.5. The van der Waals surface area contributed by atoms with Crippen LogP contribution in [-0.4, -0.2) is 52.2 Å². The van der Waals surface area contributed by atoms with E-state index in [0.717, 1.165) is 34.2 Å². The minimum atomic E-state index is -1.24. The number of hydrogen-bond acceptors (Lipinski definition) is 3. The van der Waals surface area contributed by atoms with Crippen molar-refractivity contribution in [1.29, 1.82) is 0 Å². The lowest BCUT2D eigenvalue weighted by Gasteiger charge is -2.31. The van der Waals surface area contributed by atoms with E-state index < -0.39 is 35.8 Å². The standard InChI is InChI=1S/C39H44N2O5/c1-28(2)26-41(27-34(37(42)43)20-12-17-29-13-6-3-7-14-29)39(46)40-36(38(44)45)35(25-30-15-8-4-9-16-30)33-23-21-32(22-24-33)31-18-10-5-11-19-31/h3-11,13-16,18-19,21-24,28,34-36H,12,17,20,25-27H2,1-2H3,(H,40,46)(H,42,43)(H,44,45)/t34-,35?,36-/m0/s1. The molecule has 0 saturated carbocycles. The van der Waals surface area contributed by atoms with Crippen molar-refractivity contribution in [2.45, 2.75) is 51.5 Å². The molecule has 1 unspecified atom stereocenters. The molecule has 7 heteroatoms. The first-order valence-electron chi connectivity index (χ1n) is 16.0. The molecule has 3 atom stereocenters. The van der Waals surface area contributed by atoms with Crippen LogP contribution in [0.25, 0.3) is 11.1 Å². The van der Waals surface area contributed by atoms with E-state index in [0.29, 0.717) is 25.8 Å². The predicted molar refractivity (Wildman–Crippen MR) is 182 cm³/mol. The van der Waals surface area contributed by atoms with Crippen LogP contribution in [0.5, 0.6) is 0 Å². The number of carbonyl (C=O) groups excluding carboxylic acids is 1. The zero-order valence-corrected chi connectivity index (χ0v) is 26.6. The van der Waals surface area contributed by atoms with Gasteiger partial charge in [-0.2, -0.15) is 0 Å². The maximum Gasteiger partial charge on any atom is 0.326 e. The molecule has 0 aliphatic rings. The van der Waals surface area contributed by atoms with Crippen LogP contribution in [0.2, 0.25) is 0 Å². The summed E-state index contributed by atoms with van der Waals surface area (Å²) in [6.45, 7) is 4.20. The molecule has 0 spiro atoms. The Morgan fingerprint density at radius 1 is 0.674 bits per heavy atom. The Balaban J connectivity index is 1.56. The van der Waals surface area contributed by atoms with Crippen molar-refractivity contribution in [2.75, 3.05) is 13.1 Å². The summed E-state index contributed by atoms with van der Waals surface area (Å²) in [5.74, 6) is -3.41. The Bertz CT molecular complexity index is 1530. The molecular formula is C39H44N2O5. The molecule has 7 nitrogen and oxygen atoms in total. The van der Waals surface area contributed by atoms with Crippen molar-refractivity contribution in [2.24, 2.45) is 11.8 Å². The molecule has 0 bridgehead atoms. The van der Waals surface area contributed by atoms with E-state index in [4.69, 9.17) is 0 Å². The first-order chi connectivity index (χ1) is 22.2. The summed E-state index contributed by atoms with van der Waals surface area (Å²) < 4.78 is 0. The second-order valence-corrected chi connectivity index (χ2v) is 12.3. The molecule has 2 amide bonds. The number of benzene rings is 4. The van der Waals surface area contributed by atoms with E-state index in [1.807, 2.05) is 129 Å². The van der Waals surface area contributed by atoms with Crippen LogP contribution >= 0.6 is 0 Å². The lowest BCUT2D eigenvalue weighted by Crippen LogP contribution is -2.53. The predicted octanol–water partition coefficient (Wildman–Crippen LogP) is 7.52. The smallest absolute Gasteiger partial charge is 0.326 e. The first-order valence-corrected chi connectivity index (χ1v) is 16.0.